The number of hydrogen-bond acceptors (Lipinski definition) is 6. The Kier molecular flexibility index (Phi) is 4.59. The van der Waals surface area contributed by atoms with Crippen molar-refractivity contribution in [2.75, 3.05) is 19.0 Å². The SMILES string of the molecule is O=c1ccn([C@@H]2O[C@H](CO)C=C2SCCO)c(=O)[nH]1. The van der Waals surface area contributed by atoms with Crippen LogP contribution in [0.1, 0.15) is 6.23 Å². The second-order valence-corrected chi connectivity index (χ2v) is 5.04. The van der Waals surface area contributed by atoms with Gasteiger partial charge in [0.05, 0.1) is 13.2 Å². The Bertz CT molecular complexity index is 579. The summed E-state index contributed by atoms with van der Waals surface area (Å²) in [6, 6.07) is 1.23. The summed E-state index contributed by atoms with van der Waals surface area (Å²) in [5.74, 6) is 0.460. The van der Waals surface area contributed by atoms with E-state index in [1.165, 1.54) is 28.6 Å². The van der Waals surface area contributed by atoms with E-state index in [1.54, 1.807) is 6.08 Å². The van der Waals surface area contributed by atoms with Crippen molar-refractivity contribution in [3.05, 3.63) is 44.1 Å². The van der Waals surface area contributed by atoms with Crippen molar-refractivity contribution in [3.8, 4) is 0 Å². The normalized spacial score (nSPS) is 22.5. The number of thioether (sulfide) groups is 1. The molecule has 0 spiro atoms. The van der Waals surface area contributed by atoms with Crippen LogP contribution in [0.4, 0.5) is 0 Å². The predicted octanol–water partition coefficient (Wildman–Crippen LogP) is -0.964. The topological polar surface area (TPSA) is 105 Å². The molecule has 7 nitrogen and oxygen atoms in total. The molecule has 0 aromatic carbocycles. The van der Waals surface area contributed by atoms with Gasteiger partial charge in [-0.2, -0.15) is 0 Å². The molecule has 1 aromatic heterocycles. The molecule has 3 N–H and O–H groups in total. The summed E-state index contributed by atoms with van der Waals surface area (Å²) in [6.07, 6.45) is 1.88. The first-order chi connectivity index (χ1) is 9.15. The number of rotatable bonds is 5. The van der Waals surface area contributed by atoms with Crippen LogP contribution in [0.25, 0.3) is 0 Å². The summed E-state index contributed by atoms with van der Waals surface area (Å²) in [5.41, 5.74) is -1.06. The standard InChI is InChI=1S/C11H14N2O5S/c14-3-4-19-8-5-7(6-15)18-10(8)13-2-1-9(16)12-11(13)17/h1-2,5,7,10,14-15H,3-4,6H2,(H,12,16,17)/t7-,10+/m0/s1. The highest BCUT2D eigenvalue weighted by molar-refractivity contribution is 8.03. The van der Waals surface area contributed by atoms with Crippen molar-refractivity contribution in [1.82, 2.24) is 9.55 Å². The second kappa shape index (κ2) is 6.20. The van der Waals surface area contributed by atoms with Gasteiger partial charge < -0.3 is 14.9 Å². The zero-order valence-electron chi connectivity index (χ0n) is 9.98. The van der Waals surface area contributed by atoms with Gasteiger partial charge in [-0.25, -0.2) is 4.79 Å². The molecular formula is C11H14N2O5S. The number of H-pyrrole nitrogens is 1. The molecule has 19 heavy (non-hydrogen) atoms. The molecule has 0 fully saturated rings. The minimum absolute atomic E-state index is 0.000952. The van der Waals surface area contributed by atoms with Crippen LogP contribution in [0.5, 0.6) is 0 Å². The predicted molar refractivity (Wildman–Crippen MR) is 69.9 cm³/mol. The number of aliphatic hydroxyl groups is 2. The first-order valence-corrected chi connectivity index (χ1v) is 6.67. The number of aliphatic hydroxyl groups excluding tert-OH is 2. The number of ether oxygens (including phenoxy) is 1. The van der Waals surface area contributed by atoms with Crippen LogP contribution < -0.4 is 11.2 Å². The lowest BCUT2D eigenvalue weighted by Gasteiger charge is -2.17. The smallest absolute Gasteiger partial charge is 0.330 e. The molecule has 2 atom stereocenters. The average Bonchev–Trinajstić information content (AvgIpc) is 2.79. The molecule has 0 unspecified atom stereocenters. The molecule has 0 aliphatic carbocycles. The largest absolute Gasteiger partial charge is 0.396 e. The third-order valence-corrected chi connectivity index (χ3v) is 3.60. The molecule has 0 bridgehead atoms. The lowest BCUT2D eigenvalue weighted by Crippen LogP contribution is -2.32. The third kappa shape index (κ3) is 3.16. The highest BCUT2D eigenvalue weighted by atomic mass is 32.2. The average molecular weight is 286 g/mol. The molecule has 8 heteroatoms. The summed E-state index contributed by atoms with van der Waals surface area (Å²) in [7, 11) is 0. The summed E-state index contributed by atoms with van der Waals surface area (Å²) in [6.45, 7) is -0.198. The maximum absolute atomic E-state index is 11.7. The minimum atomic E-state index is -0.682. The lowest BCUT2D eigenvalue weighted by atomic mass is 10.4. The fourth-order valence-electron chi connectivity index (χ4n) is 1.73. The van der Waals surface area contributed by atoms with Gasteiger partial charge in [0.2, 0.25) is 0 Å². The molecule has 2 rings (SSSR count). The molecule has 1 aromatic rings. The zero-order chi connectivity index (χ0) is 13.8. The molecule has 104 valence electrons. The van der Waals surface area contributed by atoms with Crippen LogP contribution in [0.15, 0.2) is 32.8 Å². The minimum Gasteiger partial charge on any atom is -0.396 e. The number of aromatic nitrogens is 2. The highest BCUT2D eigenvalue weighted by Crippen LogP contribution is 2.35. The first-order valence-electron chi connectivity index (χ1n) is 5.69. The van der Waals surface area contributed by atoms with E-state index >= 15 is 0 Å². The number of hydrogen-bond donors (Lipinski definition) is 3. The van der Waals surface area contributed by atoms with Gasteiger partial charge in [-0.05, 0) is 6.08 Å². The van der Waals surface area contributed by atoms with Crippen LogP contribution in [-0.2, 0) is 4.74 Å². The van der Waals surface area contributed by atoms with Crippen LogP contribution in [0, 0.1) is 0 Å². The number of nitrogens with zero attached hydrogens (tertiary/aromatic N) is 1. The molecule has 0 saturated carbocycles. The summed E-state index contributed by atoms with van der Waals surface area (Å²) >= 11 is 1.34. The number of aromatic amines is 1. The zero-order valence-corrected chi connectivity index (χ0v) is 10.8. The Morgan fingerprint density at radius 1 is 1.42 bits per heavy atom. The van der Waals surface area contributed by atoms with Gasteiger partial charge in [0.25, 0.3) is 5.56 Å². The molecule has 0 radical (unpaired) electrons. The monoisotopic (exact) mass is 286 g/mol. The Balaban J connectivity index is 2.29. The van der Waals surface area contributed by atoms with Gasteiger partial charge in [-0.15, -0.1) is 11.8 Å². The Morgan fingerprint density at radius 2 is 2.21 bits per heavy atom. The lowest BCUT2D eigenvalue weighted by molar-refractivity contribution is -0.0116. The van der Waals surface area contributed by atoms with E-state index in [0.717, 1.165) is 4.91 Å². The van der Waals surface area contributed by atoms with Crippen molar-refractivity contribution in [3.63, 3.8) is 0 Å². The van der Waals surface area contributed by atoms with Crippen LogP contribution in [0.2, 0.25) is 0 Å². The molecule has 0 saturated heterocycles. The molecule has 1 aliphatic rings. The quantitative estimate of drug-likeness (QED) is 0.644. The van der Waals surface area contributed by atoms with Crippen molar-refractivity contribution in [2.45, 2.75) is 12.3 Å². The summed E-state index contributed by atoms with van der Waals surface area (Å²) in [4.78, 5) is 25.6. The van der Waals surface area contributed by atoms with E-state index in [2.05, 4.69) is 4.98 Å². The van der Waals surface area contributed by atoms with Crippen molar-refractivity contribution in [1.29, 1.82) is 0 Å². The van der Waals surface area contributed by atoms with Crippen LogP contribution in [0.3, 0.4) is 0 Å². The summed E-state index contributed by atoms with van der Waals surface area (Å²) in [5, 5.41) is 18.0. The van der Waals surface area contributed by atoms with E-state index < -0.39 is 23.6 Å². The van der Waals surface area contributed by atoms with E-state index in [-0.39, 0.29) is 13.2 Å². The first kappa shape index (κ1) is 14.1. The van der Waals surface area contributed by atoms with Gasteiger partial charge in [-0.1, -0.05) is 0 Å². The second-order valence-electron chi connectivity index (χ2n) is 3.87. The van der Waals surface area contributed by atoms with Gasteiger partial charge in [0, 0.05) is 22.9 Å². The fourth-order valence-corrected chi connectivity index (χ4v) is 2.62. The molecule has 1 aliphatic heterocycles. The highest BCUT2D eigenvalue weighted by Gasteiger charge is 2.29. The molecule has 2 heterocycles. The van der Waals surface area contributed by atoms with Gasteiger partial charge >= 0.3 is 5.69 Å². The van der Waals surface area contributed by atoms with E-state index in [0.29, 0.717) is 5.75 Å². The van der Waals surface area contributed by atoms with Gasteiger partial charge in [-0.3, -0.25) is 14.3 Å². The van der Waals surface area contributed by atoms with E-state index in [4.69, 9.17) is 14.9 Å². The summed E-state index contributed by atoms with van der Waals surface area (Å²) < 4.78 is 6.77. The van der Waals surface area contributed by atoms with Crippen molar-refractivity contribution >= 4 is 11.8 Å². The fraction of sp³-hybridized carbons (Fsp3) is 0.455. The Labute approximate surface area is 112 Å². The maximum atomic E-state index is 11.7. The van der Waals surface area contributed by atoms with E-state index in [1.807, 2.05) is 0 Å². The van der Waals surface area contributed by atoms with E-state index in [9.17, 15) is 9.59 Å². The Morgan fingerprint density at radius 3 is 2.84 bits per heavy atom. The molecular weight excluding hydrogens is 272 g/mol. The van der Waals surface area contributed by atoms with Crippen LogP contribution in [-0.4, -0.2) is 44.8 Å². The van der Waals surface area contributed by atoms with Crippen LogP contribution >= 0.6 is 11.8 Å². The van der Waals surface area contributed by atoms with Crippen molar-refractivity contribution < 1.29 is 14.9 Å². The number of nitrogens with one attached hydrogen (secondary N) is 1. The van der Waals surface area contributed by atoms with Gasteiger partial charge in [0.1, 0.15) is 6.10 Å². The van der Waals surface area contributed by atoms with Gasteiger partial charge in [0.15, 0.2) is 6.23 Å². The maximum Gasteiger partial charge on any atom is 0.330 e. The third-order valence-electron chi connectivity index (χ3n) is 2.54. The van der Waals surface area contributed by atoms with Crippen molar-refractivity contribution in [2.24, 2.45) is 0 Å². The Hall–Kier alpha value is -1.35. The molecule has 0 amide bonds.